The maximum atomic E-state index is 13.4. The topological polar surface area (TPSA) is 82.5 Å². The number of rotatable bonds is 5. The van der Waals surface area contributed by atoms with Crippen LogP contribution in [-0.2, 0) is 4.79 Å². The van der Waals surface area contributed by atoms with Crippen LogP contribution in [0.5, 0.6) is 11.5 Å². The van der Waals surface area contributed by atoms with Gasteiger partial charge in [0, 0.05) is 5.92 Å². The smallest absolute Gasteiger partial charge is 0.232 e. The molecule has 1 heterocycles. The molecule has 1 amide bonds. The van der Waals surface area contributed by atoms with E-state index in [1.807, 2.05) is 62.4 Å². The van der Waals surface area contributed by atoms with Crippen molar-refractivity contribution in [3.63, 3.8) is 0 Å². The van der Waals surface area contributed by atoms with Gasteiger partial charge in [-0.1, -0.05) is 61.6 Å². The first-order valence-electron chi connectivity index (χ1n) is 9.59. The highest BCUT2D eigenvalue weighted by molar-refractivity contribution is 7.22. The molecular formula is C24H22N2O3S. The zero-order valence-electron chi connectivity index (χ0n) is 16.7. The van der Waals surface area contributed by atoms with Crippen LogP contribution in [-0.4, -0.2) is 21.1 Å². The number of hydrogen-bond donors (Lipinski definition) is 3. The SMILES string of the molecule is CC(C)(C(=O)Nc1nc2ccccc2s1)C(c1ccc(O)cc1)c1ccc(O)cc1. The van der Waals surface area contributed by atoms with Crippen LogP contribution >= 0.6 is 11.3 Å². The molecule has 4 aromatic rings. The predicted octanol–water partition coefficient (Wildman–Crippen LogP) is 5.50. The minimum atomic E-state index is -0.841. The zero-order chi connectivity index (χ0) is 21.3. The number of nitrogens with one attached hydrogen (secondary N) is 1. The maximum Gasteiger partial charge on any atom is 0.232 e. The second-order valence-electron chi connectivity index (χ2n) is 7.78. The van der Waals surface area contributed by atoms with Crippen LogP contribution in [0.3, 0.4) is 0 Å². The first kappa shape index (κ1) is 19.9. The Morgan fingerprint density at radius 2 is 1.43 bits per heavy atom. The van der Waals surface area contributed by atoms with Gasteiger partial charge in [0.1, 0.15) is 11.5 Å². The van der Waals surface area contributed by atoms with Crippen molar-refractivity contribution in [3.8, 4) is 11.5 Å². The highest BCUT2D eigenvalue weighted by Crippen LogP contribution is 2.43. The Bertz CT molecular complexity index is 1100. The van der Waals surface area contributed by atoms with Gasteiger partial charge in [-0.15, -0.1) is 0 Å². The largest absolute Gasteiger partial charge is 0.508 e. The number of phenols is 2. The van der Waals surface area contributed by atoms with Crippen LogP contribution in [0.1, 0.15) is 30.9 Å². The van der Waals surface area contributed by atoms with Crippen molar-refractivity contribution in [3.05, 3.63) is 83.9 Å². The molecule has 0 saturated carbocycles. The molecule has 3 N–H and O–H groups in total. The molecular weight excluding hydrogens is 396 g/mol. The Labute approximate surface area is 178 Å². The fourth-order valence-corrected chi connectivity index (χ4v) is 4.54. The van der Waals surface area contributed by atoms with Crippen molar-refractivity contribution < 1.29 is 15.0 Å². The average molecular weight is 419 g/mol. The first-order chi connectivity index (χ1) is 14.3. The molecule has 0 fully saturated rings. The first-order valence-corrected chi connectivity index (χ1v) is 10.4. The molecule has 4 rings (SSSR count). The lowest BCUT2D eigenvalue weighted by atomic mass is 9.70. The van der Waals surface area contributed by atoms with Crippen LogP contribution in [0.2, 0.25) is 0 Å². The Kier molecular flexibility index (Phi) is 5.18. The van der Waals surface area contributed by atoms with Crippen LogP contribution in [0.15, 0.2) is 72.8 Å². The Balaban J connectivity index is 1.70. The van der Waals surface area contributed by atoms with Gasteiger partial charge in [-0.2, -0.15) is 0 Å². The number of hydrogen-bond acceptors (Lipinski definition) is 5. The molecule has 1 aromatic heterocycles. The van der Waals surface area contributed by atoms with Crippen LogP contribution in [0.4, 0.5) is 5.13 Å². The lowest BCUT2D eigenvalue weighted by Crippen LogP contribution is -2.37. The molecule has 0 aliphatic carbocycles. The Morgan fingerprint density at radius 1 is 0.900 bits per heavy atom. The molecule has 0 saturated heterocycles. The fourth-order valence-electron chi connectivity index (χ4n) is 3.67. The molecule has 0 aliphatic rings. The molecule has 30 heavy (non-hydrogen) atoms. The number of carbonyl (C=O) groups excluding carboxylic acids is 1. The van der Waals surface area contributed by atoms with Crippen molar-refractivity contribution >= 4 is 32.6 Å². The van der Waals surface area contributed by atoms with E-state index in [0.717, 1.165) is 21.3 Å². The van der Waals surface area contributed by atoms with E-state index >= 15 is 0 Å². The number of para-hydroxylation sites is 1. The summed E-state index contributed by atoms with van der Waals surface area (Å²) in [6, 6.07) is 21.5. The summed E-state index contributed by atoms with van der Waals surface area (Å²) in [7, 11) is 0. The number of carbonyl (C=O) groups is 1. The molecule has 0 bridgehead atoms. The Morgan fingerprint density at radius 3 is 1.97 bits per heavy atom. The van der Waals surface area contributed by atoms with E-state index in [0.29, 0.717) is 5.13 Å². The molecule has 0 aliphatic heterocycles. The van der Waals surface area contributed by atoms with E-state index in [-0.39, 0.29) is 23.3 Å². The number of phenolic OH excluding ortho intramolecular Hbond substituents is 2. The third-order valence-electron chi connectivity index (χ3n) is 5.27. The summed E-state index contributed by atoms with van der Waals surface area (Å²) in [4.78, 5) is 17.9. The number of anilines is 1. The van der Waals surface area contributed by atoms with Crippen molar-refractivity contribution in [1.29, 1.82) is 0 Å². The average Bonchev–Trinajstić information content (AvgIpc) is 3.13. The third kappa shape index (κ3) is 3.86. The van der Waals surface area contributed by atoms with E-state index in [2.05, 4.69) is 10.3 Å². The quantitative estimate of drug-likeness (QED) is 0.399. The summed E-state index contributed by atoms with van der Waals surface area (Å²) in [5, 5.41) is 22.9. The molecule has 3 aromatic carbocycles. The van der Waals surface area contributed by atoms with Gasteiger partial charge in [0.15, 0.2) is 5.13 Å². The maximum absolute atomic E-state index is 13.4. The van der Waals surface area contributed by atoms with Crippen LogP contribution in [0, 0.1) is 5.41 Å². The normalized spacial score (nSPS) is 11.7. The summed E-state index contributed by atoms with van der Waals surface area (Å²) in [5.41, 5.74) is 1.79. The van der Waals surface area contributed by atoms with E-state index in [9.17, 15) is 15.0 Å². The number of fused-ring (bicyclic) bond motifs is 1. The van der Waals surface area contributed by atoms with Crippen LogP contribution < -0.4 is 5.32 Å². The highest BCUT2D eigenvalue weighted by atomic mass is 32.1. The van der Waals surface area contributed by atoms with Gasteiger partial charge < -0.3 is 15.5 Å². The molecule has 0 atom stereocenters. The second kappa shape index (κ2) is 7.80. The van der Waals surface area contributed by atoms with Crippen LogP contribution in [0.25, 0.3) is 10.2 Å². The second-order valence-corrected chi connectivity index (χ2v) is 8.81. The van der Waals surface area contributed by atoms with Gasteiger partial charge in [-0.25, -0.2) is 4.98 Å². The lowest BCUT2D eigenvalue weighted by molar-refractivity contribution is -0.124. The van der Waals surface area contributed by atoms with Crippen molar-refractivity contribution in [2.24, 2.45) is 5.41 Å². The van der Waals surface area contributed by atoms with E-state index in [1.165, 1.54) is 11.3 Å². The molecule has 0 spiro atoms. The number of nitrogens with zero attached hydrogens (tertiary/aromatic N) is 1. The molecule has 152 valence electrons. The van der Waals surface area contributed by atoms with E-state index < -0.39 is 5.41 Å². The number of benzene rings is 3. The van der Waals surface area contributed by atoms with Crippen molar-refractivity contribution in [1.82, 2.24) is 4.98 Å². The summed E-state index contributed by atoms with van der Waals surface area (Å²) >= 11 is 1.44. The van der Waals surface area contributed by atoms with Gasteiger partial charge in [0.05, 0.1) is 15.6 Å². The minimum absolute atomic E-state index is 0.160. The summed E-state index contributed by atoms with van der Waals surface area (Å²) in [5.74, 6) is -0.124. The number of aromatic hydroxyl groups is 2. The minimum Gasteiger partial charge on any atom is -0.508 e. The number of thiazole rings is 1. The predicted molar refractivity (Wildman–Crippen MR) is 120 cm³/mol. The van der Waals surface area contributed by atoms with Gasteiger partial charge in [0.2, 0.25) is 5.91 Å². The number of amides is 1. The third-order valence-corrected chi connectivity index (χ3v) is 6.23. The Hall–Kier alpha value is -3.38. The van der Waals surface area contributed by atoms with Crippen molar-refractivity contribution in [2.45, 2.75) is 19.8 Å². The summed E-state index contributed by atoms with van der Waals surface area (Å²) in [6.07, 6.45) is 0. The van der Waals surface area contributed by atoms with E-state index in [1.54, 1.807) is 24.3 Å². The van der Waals surface area contributed by atoms with E-state index in [4.69, 9.17) is 0 Å². The lowest BCUT2D eigenvalue weighted by Gasteiger charge is -2.33. The van der Waals surface area contributed by atoms with Gasteiger partial charge in [0.25, 0.3) is 0 Å². The molecule has 0 unspecified atom stereocenters. The summed E-state index contributed by atoms with van der Waals surface area (Å²) in [6.45, 7) is 3.78. The highest BCUT2D eigenvalue weighted by Gasteiger charge is 2.39. The molecule has 0 radical (unpaired) electrons. The van der Waals surface area contributed by atoms with Gasteiger partial charge in [-0.3, -0.25) is 4.79 Å². The zero-order valence-corrected chi connectivity index (χ0v) is 17.5. The van der Waals surface area contributed by atoms with Crippen molar-refractivity contribution in [2.75, 3.05) is 5.32 Å². The monoisotopic (exact) mass is 418 g/mol. The van der Waals surface area contributed by atoms with Gasteiger partial charge in [-0.05, 0) is 47.5 Å². The summed E-state index contributed by atoms with van der Waals surface area (Å²) < 4.78 is 1.01. The number of aromatic nitrogens is 1. The van der Waals surface area contributed by atoms with Gasteiger partial charge >= 0.3 is 0 Å². The molecule has 5 nitrogen and oxygen atoms in total. The standard InChI is InChI=1S/C24H22N2O3S/c1-24(2,22(29)26-23-25-19-5-3-4-6-20(19)30-23)21(15-7-11-17(27)12-8-15)16-9-13-18(28)14-10-16/h3-14,21,27-28H,1-2H3,(H,25,26,29). The fraction of sp³-hybridized carbons (Fsp3) is 0.167. The molecule has 6 heteroatoms.